The summed E-state index contributed by atoms with van der Waals surface area (Å²) in [5.74, 6) is 0. The van der Waals surface area contributed by atoms with Gasteiger partial charge in [-0.2, -0.15) is 0 Å². The summed E-state index contributed by atoms with van der Waals surface area (Å²) in [5, 5.41) is 6.90. The molecule has 1 atom stereocenters. The maximum Gasteiger partial charge on any atom is 0.457 e. The Kier molecular flexibility index (Phi) is 6.75. The average molecular weight is 306 g/mol. The van der Waals surface area contributed by atoms with E-state index in [4.69, 9.17) is 19.4 Å². The van der Waals surface area contributed by atoms with Crippen molar-refractivity contribution < 1.29 is 14.0 Å². The van der Waals surface area contributed by atoms with Gasteiger partial charge in [-0.1, -0.05) is 32.3 Å². The third-order valence-corrected chi connectivity index (χ3v) is 4.77. The summed E-state index contributed by atoms with van der Waals surface area (Å²) >= 11 is 0. The lowest BCUT2D eigenvalue weighted by Gasteiger charge is -2.32. The zero-order valence-electron chi connectivity index (χ0n) is 14.8. The van der Waals surface area contributed by atoms with Gasteiger partial charge in [0.25, 0.3) is 0 Å². The highest BCUT2D eigenvalue weighted by molar-refractivity contribution is 6.45. The van der Waals surface area contributed by atoms with Crippen molar-refractivity contribution in [2.75, 3.05) is 0 Å². The third kappa shape index (κ3) is 5.17. The number of unbranched alkanes of at least 4 members (excludes halogenated alkanes) is 1. The van der Waals surface area contributed by atoms with E-state index in [0.29, 0.717) is 0 Å². The molecule has 1 heterocycles. The second-order valence-corrected chi connectivity index (χ2v) is 7.45. The van der Waals surface area contributed by atoms with E-state index in [1.165, 1.54) is 0 Å². The van der Waals surface area contributed by atoms with Crippen LogP contribution in [-0.2, 0) is 14.0 Å². The standard InChI is InChI=1S/C16H30B2NO3/c1-7-10-16(6,17-20-13-19)11-8-9-12-18-21-14(2,3)15(4,5)22-18/h7,13,19H,1,8-12H2,2-6H3. The zero-order chi connectivity index (χ0) is 16.9. The van der Waals surface area contributed by atoms with E-state index in [1.54, 1.807) is 7.48 Å². The molecule has 1 rings (SSSR count). The molecule has 1 aliphatic heterocycles. The van der Waals surface area contributed by atoms with Crippen LogP contribution in [0, 0.1) is 5.41 Å². The lowest BCUT2D eigenvalue weighted by atomic mass is 9.60. The normalized spacial score (nSPS) is 22.0. The molecular formula is C16H30B2NO3. The molecule has 0 aliphatic carbocycles. The van der Waals surface area contributed by atoms with Crippen molar-refractivity contribution in [3.8, 4) is 0 Å². The topological polar surface area (TPSA) is 51.5 Å². The molecule has 1 unspecified atom stereocenters. The van der Waals surface area contributed by atoms with Crippen LogP contribution in [0.4, 0.5) is 0 Å². The number of allylic oxidation sites excluding steroid dienone is 1. The Labute approximate surface area is 136 Å². The lowest BCUT2D eigenvalue weighted by Crippen LogP contribution is -2.41. The largest absolute Gasteiger partial charge is 0.555 e. The maximum atomic E-state index is 6.98. The highest BCUT2D eigenvalue weighted by atomic mass is 16.7. The van der Waals surface area contributed by atoms with Crippen LogP contribution in [-0.4, -0.2) is 32.2 Å². The highest BCUT2D eigenvalue weighted by Crippen LogP contribution is 2.39. The number of hydrogen-bond donors (Lipinski definition) is 1. The molecule has 0 bridgehead atoms. The van der Waals surface area contributed by atoms with Gasteiger partial charge in [0.1, 0.15) is 6.40 Å². The monoisotopic (exact) mass is 306 g/mol. The molecule has 0 aromatic carbocycles. The van der Waals surface area contributed by atoms with Crippen molar-refractivity contribution in [3.63, 3.8) is 0 Å². The Morgan fingerprint density at radius 1 is 1.23 bits per heavy atom. The van der Waals surface area contributed by atoms with Gasteiger partial charge in [-0.25, -0.2) is 0 Å². The molecule has 1 N–H and O–H groups in total. The first-order valence-electron chi connectivity index (χ1n) is 8.11. The minimum atomic E-state index is -0.249. The molecule has 0 aromatic rings. The van der Waals surface area contributed by atoms with Crippen molar-refractivity contribution >= 4 is 21.0 Å². The van der Waals surface area contributed by atoms with E-state index in [9.17, 15) is 0 Å². The summed E-state index contributed by atoms with van der Waals surface area (Å²) in [7, 11) is 1.63. The summed E-state index contributed by atoms with van der Waals surface area (Å²) in [6, 6.07) is 0. The van der Waals surface area contributed by atoms with Gasteiger partial charge in [0.05, 0.1) is 11.2 Å². The van der Waals surface area contributed by atoms with Crippen LogP contribution < -0.4 is 0 Å². The van der Waals surface area contributed by atoms with Crippen LogP contribution in [0.5, 0.6) is 0 Å². The summed E-state index contributed by atoms with van der Waals surface area (Å²) in [6.07, 6.45) is 7.71. The molecule has 0 saturated carbocycles. The molecule has 0 aromatic heterocycles. The predicted molar refractivity (Wildman–Crippen MR) is 93.5 cm³/mol. The highest BCUT2D eigenvalue weighted by Gasteiger charge is 2.50. The van der Waals surface area contributed by atoms with Crippen LogP contribution in [0.25, 0.3) is 0 Å². The summed E-state index contributed by atoms with van der Waals surface area (Å²) in [5.41, 5.74) is -0.499. The van der Waals surface area contributed by atoms with Gasteiger partial charge in [-0.15, -0.1) is 6.58 Å². The lowest BCUT2D eigenvalue weighted by molar-refractivity contribution is 0.00578. The quantitative estimate of drug-likeness (QED) is 0.216. The Morgan fingerprint density at radius 2 is 1.82 bits per heavy atom. The molecule has 4 nitrogen and oxygen atoms in total. The van der Waals surface area contributed by atoms with Crippen molar-refractivity contribution in [3.05, 3.63) is 12.7 Å². The zero-order valence-corrected chi connectivity index (χ0v) is 14.8. The van der Waals surface area contributed by atoms with E-state index in [1.807, 2.05) is 6.08 Å². The van der Waals surface area contributed by atoms with Gasteiger partial charge in [0, 0.05) is 0 Å². The van der Waals surface area contributed by atoms with E-state index >= 15 is 0 Å². The third-order valence-electron chi connectivity index (χ3n) is 4.77. The van der Waals surface area contributed by atoms with Crippen LogP contribution in [0.15, 0.2) is 12.7 Å². The molecule has 22 heavy (non-hydrogen) atoms. The molecule has 1 aliphatic rings. The average Bonchev–Trinajstić information content (AvgIpc) is 2.61. The molecule has 1 fully saturated rings. The van der Waals surface area contributed by atoms with Crippen LogP contribution in [0.3, 0.4) is 0 Å². The fourth-order valence-electron chi connectivity index (χ4n) is 2.66. The number of nitrogens with one attached hydrogen (secondary N) is 1. The van der Waals surface area contributed by atoms with Gasteiger partial charge in [0.15, 0.2) is 0 Å². The minimum Gasteiger partial charge on any atom is -0.555 e. The predicted octanol–water partition coefficient (Wildman–Crippen LogP) is 4.25. The fraction of sp³-hybridized carbons (Fsp3) is 0.812. The smallest absolute Gasteiger partial charge is 0.457 e. The second kappa shape index (κ2) is 7.69. The van der Waals surface area contributed by atoms with E-state index in [0.717, 1.165) is 38.4 Å². The maximum absolute atomic E-state index is 6.98. The summed E-state index contributed by atoms with van der Waals surface area (Å²) in [6.45, 7) is 14.3. The molecule has 1 radical (unpaired) electrons. The molecule has 6 heteroatoms. The Hall–Kier alpha value is -0.740. The van der Waals surface area contributed by atoms with Crippen molar-refractivity contribution in [2.24, 2.45) is 0 Å². The molecule has 0 amide bonds. The van der Waals surface area contributed by atoms with Gasteiger partial charge >= 0.3 is 14.6 Å². The SMILES string of the molecule is C=CCC(C)([B]OC=N)CCCCB1OC(C)(C)C(C)(C)O1. The van der Waals surface area contributed by atoms with E-state index in [2.05, 4.69) is 41.2 Å². The Balaban J connectivity index is 2.35. The van der Waals surface area contributed by atoms with Crippen LogP contribution >= 0.6 is 0 Å². The number of hydrogen-bond acceptors (Lipinski definition) is 4. The Bertz CT molecular complexity index is 372. The van der Waals surface area contributed by atoms with Crippen molar-refractivity contribution in [1.82, 2.24) is 0 Å². The van der Waals surface area contributed by atoms with Crippen LogP contribution in [0.2, 0.25) is 11.6 Å². The molecular weight excluding hydrogens is 276 g/mol. The first-order valence-corrected chi connectivity index (χ1v) is 8.11. The number of rotatable bonds is 10. The van der Waals surface area contributed by atoms with Gasteiger partial charge < -0.3 is 14.0 Å². The molecule has 0 spiro atoms. The fourth-order valence-corrected chi connectivity index (χ4v) is 2.66. The second-order valence-electron chi connectivity index (χ2n) is 7.45. The Morgan fingerprint density at radius 3 is 2.32 bits per heavy atom. The van der Waals surface area contributed by atoms with Gasteiger partial charge in [-0.05, 0) is 45.8 Å². The van der Waals surface area contributed by atoms with Crippen molar-refractivity contribution in [1.29, 1.82) is 5.41 Å². The van der Waals surface area contributed by atoms with Gasteiger partial charge in [0.2, 0.25) is 0 Å². The molecule has 123 valence electrons. The van der Waals surface area contributed by atoms with Gasteiger partial charge in [-0.3, -0.25) is 5.41 Å². The van der Waals surface area contributed by atoms with Crippen molar-refractivity contribution in [2.45, 2.75) is 83.1 Å². The minimum absolute atomic E-state index is 0.0742. The molecule has 1 saturated heterocycles. The van der Waals surface area contributed by atoms with E-state index < -0.39 is 0 Å². The summed E-state index contributed by atoms with van der Waals surface area (Å²) in [4.78, 5) is 0. The van der Waals surface area contributed by atoms with E-state index in [-0.39, 0.29) is 23.6 Å². The van der Waals surface area contributed by atoms with Crippen LogP contribution in [0.1, 0.15) is 60.3 Å². The first kappa shape index (κ1) is 19.3. The summed E-state index contributed by atoms with van der Waals surface area (Å²) < 4.78 is 17.1. The first-order chi connectivity index (χ1) is 10.2.